The Hall–Kier alpha value is -0.750. The molecular weight excluding hydrogens is 252 g/mol. The molecule has 0 aromatic rings. The molecule has 0 fully saturated rings. The second-order valence-electron chi connectivity index (χ2n) is 5.15. The van der Waals surface area contributed by atoms with Crippen LogP contribution in [0.3, 0.4) is 0 Å². The van der Waals surface area contributed by atoms with Crippen molar-refractivity contribution in [1.29, 1.82) is 0 Å². The molecule has 0 saturated heterocycles. The van der Waals surface area contributed by atoms with Gasteiger partial charge in [-0.15, -0.1) is 11.8 Å². The van der Waals surface area contributed by atoms with E-state index in [1.165, 1.54) is 11.8 Å². The lowest BCUT2D eigenvalue weighted by molar-refractivity contribution is -0.143. The van der Waals surface area contributed by atoms with Crippen LogP contribution in [0.1, 0.15) is 34.6 Å². The molecule has 3 N–H and O–H groups in total. The third-order valence-corrected chi connectivity index (χ3v) is 3.40. The van der Waals surface area contributed by atoms with E-state index < -0.39 is 11.5 Å². The molecule has 0 aromatic carbocycles. The average molecular weight is 276 g/mol. The van der Waals surface area contributed by atoms with E-state index >= 15 is 0 Å². The predicted molar refractivity (Wildman–Crippen MR) is 74.9 cm³/mol. The molecule has 0 aliphatic carbocycles. The van der Waals surface area contributed by atoms with Crippen LogP contribution < -0.4 is 10.6 Å². The first-order valence-electron chi connectivity index (χ1n) is 6.05. The van der Waals surface area contributed by atoms with Crippen molar-refractivity contribution in [1.82, 2.24) is 10.6 Å². The first-order chi connectivity index (χ1) is 8.17. The zero-order valence-electron chi connectivity index (χ0n) is 11.7. The Morgan fingerprint density at radius 3 is 2.17 bits per heavy atom. The maximum absolute atomic E-state index is 11.4. The van der Waals surface area contributed by atoms with Crippen molar-refractivity contribution in [2.75, 3.05) is 11.5 Å². The van der Waals surface area contributed by atoms with E-state index in [0.29, 0.717) is 5.75 Å². The standard InChI is InChI=1S/C12H24N2O3S/c1-8(2)13-10(15)6-18-7-12(5,11(16)17)14-9(3)4/h8-9,14H,6-7H2,1-5H3,(H,13,15)(H,16,17). The van der Waals surface area contributed by atoms with Crippen LogP contribution in [0.2, 0.25) is 0 Å². The van der Waals surface area contributed by atoms with E-state index in [0.717, 1.165) is 0 Å². The lowest BCUT2D eigenvalue weighted by atomic mass is 10.1. The lowest BCUT2D eigenvalue weighted by Gasteiger charge is -2.28. The fourth-order valence-electron chi connectivity index (χ4n) is 1.51. The molecular formula is C12H24N2O3S. The van der Waals surface area contributed by atoms with Crippen molar-refractivity contribution in [3.8, 4) is 0 Å². The summed E-state index contributed by atoms with van der Waals surface area (Å²) in [7, 11) is 0. The van der Waals surface area contributed by atoms with Gasteiger partial charge in [0.25, 0.3) is 0 Å². The fraction of sp³-hybridized carbons (Fsp3) is 0.833. The predicted octanol–water partition coefficient (Wildman–Crippen LogP) is 1.09. The van der Waals surface area contributed by atoms with Crippen LogP contribution in [0.5, 0.6) is 0 Å². The quantitative estimate of drug-likeness (QED) is 0.618. The summed E-state index contributed by atoms with van der Waals surface area (Å²) in [5, 5.41) is 15.0. The summed E-state index contributed by atoms with van der Waals surface area (Å²) >= 11 is 1.33. The molecule has 1 unspecified atom stereocenters. The van der Waals surface area contributed by atoms with E-state index in [1.54, 1.807) is 6.92 Å². The van der Waals surface area contributed by atoms with Gasteiger partial charge in [0.15, 0.2) is 0 Å². The summed E-state index contributed by atoms with van der Waals surface area (Å²) in [5.74, 6) is -0.326. The number of nitrogens with one attached hydrogen (secondary N) is 2. The van der Waals surface area contributed by atoms with Crippen LogP contribution in [0.4, 0.5) is 0 Å². The lowest BCUT2D eigenvalue weighted by Crippen LogP contribution is -2.54. The summed E-state index contributed by atoms with van der Waals surface area (Å²) in [5.41, 5.74) is -1.00. The number of carbonyl (C=O) groups is 2. The number of thioether (sulfide) groups is 1. The van der Waals surface area contributed by atoms with Crippen LogP contribution in [-0.2, 0) is 9.59 Å². The van der Waals surface area contributed by atoms with Crippen LogP contribution in [0, 0.1) is 0 Å². The van der Waals surface area contributed by atoms with E-state index in [4.69, 9.17) is 0 Å². The smallest absolute Gasteiger partial charge is 0.324 e. The minimum atomic E-state index is -1.00. The van der Waals surface area contributed by atoms with Gasteiger partial charge in [-0.05, 0) is 34.6 Å². The highest BCUT2D eigenvalue weighted by Crippen LogP contribution is 2.14. The molecule has 0 saturated carbocycles. The van der Waals surface area contributed by atoms with Gasteiger partial charge in [-0.3, -0.25) is 14.9 Å². The Morgan fingerprint density at radius 2 is 1.78 bits per heavy atom. The Labute approximate surface area is 113 Å². The second kappa shape index (κ2) is 7.63. The highest BCUT2D eigenvalue weighted by Gasteiger charge is 2.33. The molecule has 1 amide bonds. The molecule has 18 heavy (non-hydrogen) atoms. The number of carboxylic acid groups (broad SMARTS) is 1. The summed E-state index contributed by atoms with van der Waals surface area (Å²) < 4.78 is 0. The van der Waals surface area contributed by atoms with Crippen LogP contribution in [0.15, 0.2) is 0 Å². The van der Waals surface area contributed by atoms with E-state index in [1.807, 2.05) is 27.7 Å². The number of carbonyl (C=O) groups excluding carboxylic acids is 1. The maximum Gasteiger partial charge on any atom is 0.324 e. The molecule has 0 rings (SSSR count). The fourth-order valence-corrected chi connectivity index (χ4v) is 2.50. The molecule has 0 radical (unpaired) electrons. The van der Waals surface area contributed by atoms with E-state index in [9.17, 15) is 14.7 Å². The van der Waals surface area contributed by atoms with Crippen molar-refractivity contribution in [3.05, 3.63) is 0 Å². The Bertz CT molecular complexity index is 295. The molecule has 0 heterocycles. The molecule has 106 valence electrons. The maximum atomic E-state index is 11.4. The van der Waals surface area contributed by atoms with Gasteiger partial charge in [-0.25, -0.2) is 0 Å². The zero-order chi connectivity index (χ0) is 14.3. The largest absolute Gasteiger partial charge is 0.480 e. The Balaban J connectivity index is 4.21. The van der Waals surface area contributed by atoms with Crippen molar-refractivity contribution in [3.63, 3.8) is 0 Å². The molecule has 6 heteroatoms. The monoisotopic (exact) mass is 276 g/mol. The van der Waals surface area contributed by atoms with E-state index in [2.05, 4.69) is 10.6 Å². The minimum absolute atomic E-state index is 0.0627. The van der Waals surface area contributed by atoms with Crippen LogP contribution in [-0.4, -0.2) is 46.1 Å². The van der Waals surface area contributed by atoms with Gasteiger partial charge < -0.3 is 10.4 Å². The van der Waals surface area contributed by atoms with Crippen LogP contribution in [0.25, 0.3) is 0 Å². The Morgan fingerprint density at radius 1 is 1.22 bits per heavy atom. The molecule has 0 bridgehead atoms. The highest BCUT2D eigenvalue weighted by molar-refractivity contribution is 8.00. The average Bonchev–Trinajstić information content (AvgIpc) is 2.14. The molecule has 5 nitrogen and oxygen atoms in total. The second-order valence-corrected chi connectivity index (χ2v) is 6.14. The number of amides is 1. The molecule has 0 spiro atoms. The summed E-state index contributed by atoms with van der Waals surface area (Å²) in [6.45, 7) is 9.23. The first-order valence-corrected chi connectivity index (χ1v) is 7.21. The highest BCUT2D eigenvalue weighted by atomic mass is 32.2. The van der Waals surface area contributed by atoms with Crippen molar-refractivity contribution >= 4 is 23.6 Å². The van der Waals surface area contributed by atoms with Crippen molar-refractivity contribution in [2.24, 2.45) is 0 Å². The van der Waals surface area contributed by atoms with Crippen molar-refractivity contribution in [2.45, 2.75) is 52.2 Å². The summed E-state index contributed by atoms with van der Waals surface area (Å²) in [4.78, 5) is 22.7. The van der Waals surface area contributed by atoms with Gasteiger partial charge in [0.1, 0.15) is 5.54 Å². The van der Waals surface area contributed by atoms with Gasteiger partial charge in [-0.2, -0.15) is 0 Å². The van der Waals surface area contributed by atoms with Gasteiger partial charge in [0.2, 0.25) is 5.91 Å². The molecule has 0 aliphatic heterocycles. The number of rotatable bonds is 8. The van der Waals surface area contributed by atoms with Crippen molar-refractivity contribution < 1.29 is 14.7 Å². The molecule has 0 aliphatic rings. The number of aliphatic carboxylic acids is 1. The number of hydrogen-bond acceptors (Lipinski definition) is 4. The number of carboxylic acids is 1. The van der Waals surface area contributed by atoms with E-state index in [-0.39, 0.29) is 23.7 Å². The summed E-state index contributed by atoms with van der Waals surface area (Å²) in [6.07, 6.45) is 0. The van der Waals surface area contributed by atoms with Gasteiger partial charge in [-0.1, -0.05) is 0 Å². The topological polar surface area (TPSA) is 78.4 Å². The van der Waals surface area contributed by atoms with Crippen LogP contribution >= 0.6 is 11.8 Å². The number of hydrogen-bond donors (Lipinski definition) is 3. The van der Waals surface area contributed by atoms with Gasteiger partial charge in [0, 0.05) is 17.8 Å². The van der Waals surface area contributed by atoms with Gasteiger partial charge in [0.05, 0.1) is 5.75 Å². The first kappa shape index (κ1) is 17.2. The van der Waals surface area contributed by atoms with Gasteiger partial charge >= 0.3 is 5.97 Å². The normalized spacial score (nSPS) is 14.6. The SMILES string of the molecule is CC(C)NC(=O)CSCC(C)(NC(C)C)C(=O)O. The third-order valence-electron chi connectivity index (χ3n) is 2.15. The minimum Gasteiger partial charge on any atom is -0.480 e. The Kier molecular flexibility index (Phi) is 7.32. The molecule has 0 aromatic heterocycles. The summed E-state index contributed by atoms with van der Waals surface area (Å²) in [6, 6.07) is 0.189. The zero-order valence-corrected chi connectivity index (χ0v) is 12.6. The molecule has 1 atom stereocenters. The third kappa shape index (κ3) is 6.86.